The van der Waals surface area contributed by atoms with Gasteiger partial charge in [0.05, 0.1) is 26.4 Å². The Labute approximate surface area is 162 Å². The Morgan fingerprint density at radius 2 is 1.96 bits per heavy atom. The van der Waals surface area contributed by atoms with Gasteiger partial charge in [-0.05, 0) is 31.0 Å². The van der Waals surface area contributed by atoms with Crippen LogP contribution in [0.1, 0.15) is 24.5 Å². The fourth-order valence-corrected chi connectivity index (χ4v) is 4.79. The monoisotopic (exact) mass is 375 g/mol. The van der Waals surface area contributed by atoms with Crippen LogP contribution >= 0.6 is 0 Å². The SMILES string of the molecule is COc1ccc(CN2CC3C[C@@H](O)CN3C[C@H]2C)cc1CN1CCOCC1. The Morgan fingerprint density at radius 3 is 2.74 bits per heavy atom. The molecule has 3 aliphatic heterocycles. The van der Waals surface area contributed by atoms with E-state index in [9.17, 15) is 5.11 Å². The number of piperazine rings is 1. The summed E-state index contributed by atoms with van der Waals surface area (Å²) in [5.74, 6) is 0.974. The lowest BCUT2D eigenvalue weighted by Crippen LogP contribution is -2.54. The highest BCUT2D eigenvalue weighted by atomic mass is 16.5. The van der Waals surface area contributed by atoms with Gasteiger partial charge in [0.15, 0.2) is 0 Å². The molecule has 1 aromatic rings. The average Bonchev–Trinajstić information content (AvgIpc) is 3.02. The van der Waals surface area contributed by atoms with Crippen molar-refractivity contribution in [3.8, 4) is 5.75 Å². The molecule has 1 unspecified atom stereocenters. The van der Waals surface area contributed by atoms with Crippen LogP contribution in [0.5, 0.6) is 5.75 Å². The highest BCUT2D eigenvalue weighted by Gasteiger charge is 2.38. The second-order valence-corrected chi connectivity index (χ2v) is 8.31. The summed E-state index contributed by atoms with van der Waals surface area (Å²) in [6, 6.07) is 7.64. The van der Waals surface area contributed by atoms with Gasteiger partial charge in [0.1, 0.15) is 5.75 Å². The van der Waals surface area contributed by atoms with Crippen LogP contribution < -0.4 is 4.74 Å². The molecule has 3 aliphatic rings. The van der Waals surface area contributed by atoms with Gasteiger partial charge in [-0.1, -0.05) is 6.07 Å². The van der Waals surface area contributed by atoms with Crippen molar-refractivity contribution in [1.82, 2.24) is 14.7 Å². The van der Waals surface area contributed by atoms with Gasteiger partial charge in [-0.25, -0.2) is 0 Å². The van der Waals surface area contributed by atoms with Crippen LogP contribution in [-0.4, -0.2) is 91.0 Å². The normalized spacial score (nSPS) is 30.4. The van der Waals surface area contributed by atoms with E-state index in [0.29, 0.717) is 12.1 Å². The summed E-state index contributed by atoms with van der Waals surface area (Å²) in [5.41, 5.74) is 2.61. The zero-order chi connectivity index (χ0) is 18.8. The van der Waals surface area contributed by atoms with E-state index in [-0.39, 0.29) is 6.10 Å². The number of benzene rings is 1. The summed E-state index contributed by atoms with van der Waals surface area (Å²) in [5, 5.41) is 9.98. The van der Waals surface area contributed by atoms with Crippen LogP contribution in [0, 0.1) is 0 Å². The first-order valence-electron chi connectivity index (χ1n) is 10.2. The predicted molar refractivity (Wildman–Crippen MR) is 105 cm³/mol. The molecular weight excluding hydrogens is 342 g/mol. The number of morpholine rings is 1. The summed E-state index contributed by atoms with van der Waals surface area (Å²) in [7, 11) is 1.75. The molecule has 3 fully saturated rings. The molecule has 150 valence electrons. The van der Waals surface area contributed by atoms with Crippen molar-refractivity contribution in [2.75, 3.05) is 53.0 Å². The minimum Gasteiger partial charge on any atom is -0.496 e. The van der Waals surface area contributed by atoms with Crippen molar-refractivity contribution < 1.29 is 14.6 Å². The lowest BCUT2D eigenvalue weighted by Gasteiger charge is -2.42. The fraction of sp³-hybridized carbons (Fsp3) is 0.714. The molecule has 3 atom stereocenters. The van der Waals surface area contributed by atoms with Crippen molar-refractivity contribution in [2.24, 2.45) is 0 Å². The molecule has 0 bridgehead atoms. The van der Waals surface area contributed by atoms with E-state index in [1.807, 2.05) is 0 Å². The number of hydrogen-bond acceptors (Lipinski definition) is 6. The molecule has 1 aromatic carbocycles. The maximum atomic E-state index is 9.98. The standard InChI is InChI=1S/C21H33N3O3/c1-16-11-24-15-20(25)10-19(24)14-23(16)12-17-3-4-21(26-2)18(9-17)13-22-5-7-27-8-6-22/h3-4,9,16,19-20,25H,5-8,10-15H2,1-2H3/t16-,19?,20-/m1/s1. The Hall–Kier alpha value is -1.18. The number of ether oxygens (including phenoxy) is 2. The molecule has 27 heavy (non-hydrogen) atoms. The topological polar surface area (TPSA) is 48.4 Å². The third kappa shape index (κ3) is 4.46. The van der Waals surface area contributed by atoms with Crippen molar-refractivity contribution in [1.29, 1.82) is 0 Å². The smallest absolute Gasteiger partial charge is 0.123 e. The van der Waals surface area contributed by atoms with Gasteiger partial charge in [-0.3, -0.25) is 14.7 Å². The molecule has 0 spiro atoms. The molecule has 0 amide bonds. The van der Waals surface area contributed by atoms with Gasteiger partial charge in [-0.2, -0.15) is 0 Å². The molecule has 0 saturated carbocycles. The van der Waals surface area contributed by atoms with E-state index in [1.54, 1.807) is 7.11 Å². The van der Waals surface area contributed by atoms with Crippen LogP contribution in [-0.2, 0) is 17.8 Å². The molecule has 6 nitrogen and oxygen atoms in total. The van der Waals surface area contributed by atoms with Gasteiger partial charge >= 0.3 is 0 Å². The van der Waals surface area contributed by atoms with Crippen LogP contribution in [0.4, 0.5) is 0 Å². The fourth-order valence-electron chi connectivity index (χ4n) is 4.79. The first kappa shape index (κ1) is 19.2. The minimum atomic E-state index is -0.150. The van der Waals surface area contributed by atoms with E-state index >= 15 is 0 Å². The van der Waals surface area contributed by atoms with Crippen LogP contribution in [0.15, 0.2) is 18.2 Å². The number of rotatable bonds is 5. The van der Waals surface area contributed by atoms with Crippen LogP contribution in [0.25, 0.3) is 0 Å². The Morgan fingerprint density at radius 1 is 1.15 bits per heavy atom. The Balaban J connectivity index is 1.44. The molecule has 3 heterocycles. The van der Waals surface area contributed by atoms with Gasteiger partial charge in [0.2, 0.25) is 0 Å². The predicted octanol–water partition coefficient (Wildman–Crippen LogP) is 1.17. The number of nitrogens with zero attached hydrogens (tertiary/aromatic N) is 3. The van der Waals surface area contributed by atoms with E-state index < -0.39 is 0 Å². The Kier molecular flexibility index (Phi) is 5.99. The number of aliphatic hydroxyl groups excluding tert-OH is 1. The first-order chi connectivity index (χ1) is 13.1. The van der Waals surface area contributed by atoms with Crippen molar-refractivity contribution in [3.05, 3.63) is 29.3 Å². The number of methoxy groups -OCH3 is 1. The van der Waals surface area contributed by atoms with Gasteiger partial charge in [0, 0.05) is 63.5 Å². The molecule has 1 N–H and O–H groups in total. The first-order valence-corrected chi connectivity index (χ1v) is 10.2. The zero-order valence-corrected chi connectivity index (χ0v) is 16.6. The van der Waals surface area contributed by atoms with Crippen molar-refractivity contribution in [3.63, 3.8) is 0 Å². The van der Waals surface area contributed by atoms with Crippen molar-refractivity contribution >= 4 is 0 Å². The van der Waals surface area contributed by atoms with E-state index in [2.05, 4.69) is 39.8 Å². The highest BCUT2D eigenvalue weighted by molar-refractivity contribution is 5.37. The van der Waals surface area contributed by atoms with Crippen LogP contribution in [0.2, 0.25) is 0 Å². The van der Waals surface area contributed by atoms with E-state index in [0.717, 1.165) is 71.2 Å². The Bertz CT molecular complexity index is 635. The van der Waals surface area contributed by atoms with Crippen molar-refractivity contribution in [2.45, 2.75) is 44.6 Å². The minimum absolute atomic E-state index is 0.150. The summed E-state index contributed by atoms with van der Waals surface area (Å²) in [4.78, 5) is 7.47. The van der Waals surface area contributed by atoms with Gasteiger partial charge in [0.25, 0.3) is 0 Å². The second-order valence-electron chi connectivity index (χ2n) is 8.31. The molecule has 6 heteroatoms. The molecule has 0 aliphatic carbocycles. The molecule has 3 saturated heterocycles. The number of aliphatic hydroxyl groups is 1. The maximum absolute atomic E-state index is 9.98. The average molecular weight is 376 g/mol. The van der Waals surface area contributed by atoms with Gasteiger partial charge in [-0.15, -0.1) is 0 Å². The lowest BCUT2D eigenvalue weighted by atomic mass is 10.0. The summed E-state index contributed by atoms with van der Waals surface area (Å²) >= 11 is 0. The second kappa shape index (κ2) is 8.45. The summed E-state index contributed by atoms with van der Waals surface area (Å²) in [6.45, 7) is 10.7. The number of hydrogen-bond donors (Lipinski definition) is 1. The third-order valence-electron chi connectivity index (χ3n) is 6.30. The molecule has 0 radical (unpaired) electrons. The highest BCUT2D eigenvalue weighted by Crippen LogP contribution is 2.28. The summed E-state index contributed by atoms with van der Waals surface area (Å²) in [6.07, 6.45) is 0.761. The summed E-state index contributed by atoms with van der Waals surface area (Å²) < 4.78 is 11.1. The van der Waals surface area contributed by atoms with Gasteiger partial charge < -0.3 is 14.6 Å². The number of fused-ring (bicyclic) bond motifs is 1. The van der Waals surface area contributed by atoms with E-state index in [4.69, 9.17) is 9.47 Å². The lowest BCUT2D eigenvalue weighted by molar-refractivity contribution is 0.0338. The van der Waals surface area contributed by atoms with Crippen LogP contribution in [0.3, 0.4) is 0 Å². The zero-order valence-electron chi connectivity index (χ0n) is 16.6. The van der Waals surface area contributed by atoms with E-state index in [1.165, 1.54) is 11.1 Å². The molecule has 0 aromatic heterocycles. The molecular formula is C21H33N3O3. The quantitative estimate of drug-likeness (QED) is 0.834. The maximum Gasteiger partial charge on any atom is 0.123 e. The third-order valence-corrected chi connectivity index (χ3v) is 6.30. The molecule has 4 rings (SSSR count). The largest absolute Gasteiger partial charge is 0.496 e.